The van der Waals surface area contributed by atoms with Gasteiger partial charge in [0.15, 0.2) is 0 Å². The molecular formula is C17H18ClNO3S. The first kappa shape index (κ1) is 17.5. The largest absolute Gasteiger partial charge is 0.497 e. The fourth-order valence-electron chi connectivity index (χ4n) is 1.92. The van der Waals surface area contributed by atoms with E-state index in [0.717, 1.165) is 17.1 Å². The Morgan fingerprint density at radius 2 is 1.87 bits per heavy atom. The van der Waals surface area contributed by atoms with Crippen molar-refractivity contribution in [1.29, 1.82) is 0 Å². The van der Waals surface area contributed by atoms with E-state index in [4.69, 9.17) is 21.1 Å². The van der Waals surface area contributed by atoms with Gasteiger partial charge >= 0.3 is 0 Å². The van der Waals surface area contributed by atoms with Gasteiger partial charge in [0.1, 0.15) is 11.5 Å². The number of carbonyl (C=O) groups excluding carboxylic acids is 1. The molecule has 122 valence electrons. The van der Waals surface area contributed by atoms with E-state index in [1.54, 1.807) is 44.2 Å². The second-order valence-electron chi connectivity index (χ2n) is 4.74. The van der Waals surface area contributed by atoms with Crippen LogP contribution in [0.1, 0.15) is 5.56 Å². The van der Waals surface area contributed by atoms with E-state index in [0.29, 0.717) is 22.2 Å². The van der Waals surface area contributed by atoms with Crippen LogP contribution in [0.3, 0.4) is 0 Å². The van der Waals surface area contributed by atoms with Gasteiger partial charge in [0.2, 0.25) is 5.91 Å². The van der Waals surface area contributed by atoms with E-state index in [-0.39, 0.29) is 5.91 Å². The van der Waals surface area contributed by atoms with Crippen LogP contribution < -0.4 is 14.8 Å². The summed E-state index contributed by atoms with van der Waals surface area (Å²) in [7, 11) is 3.19. The summed E-state index contributed by atoms with van der Waals surface area (Å²) in [5.41, 5.74) is 1.81. The predicted molar refractivity (Wildman–Crippen MR) is 95.8 cm³/mol. The Kier molecular flexibility index (Phi) is 6.62. The third-order valence-electron chi connectivity index (χ3n) is 3.10. The number of rotatable bonds is 7. The number of carbonyl (C=O) groups is 1. The number of ether oxygens (including phenoxy) is 2. The molecule has 6 heteroatoms. The quantitative estimate of drug-likeness (QED) is 0.811. The first-order chi connectivity index (χ1) is 11.1. The lowest BCUT2D eigenvalue weighted by Crippen LogP contribution is -2.14. The summed E-state index contributed by atoms with van der Waals surface area (Å²) in [6.45, 7) is 0. The Morgan fingerprint density at radius 1 is 1.13 bits per heavy atom. The van der Waals surface area contributed by atoms with Crippen LogP contribution in [0.15, 0.2) is 42.5 Å². The molecule has 0 aliphatic heterocycles. The van der Waals surface area contributed by atoms with Gasteiger partial charge in [-0.05, 0) is 35.9 Å². The van der Waals surface area contributed by atoms with Crippen molar-refractivity contribution in [3.63, 3.8) is 0 Å². The molecule has 0 atom stereocenters. The number of amides is 1. The van der Waals surface area contributed by atoms with Crippen molar-refractivity contribution >= 4 is 35.0 Å². The lowest BCUT2D eigenvalue weighted by Gasteiger charge is -2.08. The van der Waals surface area contributed by atoms with Crippen molar-refractivity contribution in [2.75, 3.05) is 25.3 Å². The second kappa shape index (κ2) is 8.70. The number of hydrogen-bond acceptors (Lipinski definition) is 4. The highest BCUT2D eigenvalue weighted by Gasteiger charge is 2.06. The molecule has 2 aromatic carbocycles. The molecule has 0 radical (unpaired) electrons. The first-order valence-corrected chi connectivity index (χ1v) is 8.49. The van der Waals surface area contributed by atoms with Gasteiger partial charge in [0, 0.05) is 11.4 Å². The molecule has 0 spiro atoms. The van der Waals surface area contributed by atoms with E-state index < -0.39 is 0 Å². The summed E-state index contributed by atoms with van der Waals surface area (Å²) in [5.74, 6) is 2.48. The molecule has 0 aliphatic rings. The molecule has 0 unspecified atom stereocenters. The number of hydrogen-bond donors (Lipinski definition) is 1. The summed E-state index contributed by atoms with van der Waals surface area (Å²) in [6.07, 6.45) is 0. The highest BCUT2D eigenvalue weighted by molar-refractivity contribution is 7.99. The minimum Gasteiger partial charge on any atom is -0.497 e. The normalized spacial score (nSPS) is 10.2. The van der Waals surface area contributed by atoms with E-state index in [2.05, 4.69) is 5.32 Å². The molecule has 0 fully saturated rings. The maximum Gasteiger partial charge on any atom is 0.234 e. The Bertz CT molecular complexity index is 661. The van der Waals surface area contributed by atoms with E-state index in [1.807, 2.05) is 24.3 Å². The number of anilines is 1. The summed E-state index contributed by atoms with van der Waals surface area (Å²) in [6, 6.07) is 13.0. The summed E-state index contributed by atoms with van der Waals surface area (Å²) in [4.78, 5) is 11.9. The minimum absolute atomic E-state index is 0.0651. The van der Waals surface area contributed by atoms with Crippen LogP contribution in [0.2, 0.25) is 5.02 Å². The lowest BCUT2D eigenvalue weighted by molar-refractivity contribution is -0.113. The van der Waals surface area contributed by atoms with Gasteiger partial charge in [0.25, 0.3) is 0 Å². The van der Waals surface area contributed by atoms with Crippen molar-refractivity contribution in [1.82, 2.24) is 0 Å². The Balaban J connectivity index is 1.79. The Hall–Kier alpha value is -1.85. The zero-order valence-corrected chi connectivity index (χ0v) is 14.5. The molecule has 0 aromatic heterocycles. The summed E-state index contributed by atoms with van der Waals surface area (Å²) >= 11 is 7.58. The molecule has 1 amide bonds. The maximum atomic E-state index is 11.9. The number of halogens is 1. The topological polar surface area (TPSA) is 47.6 Å². The molecular weight excluding hydrogens is 334 g/mol. The monoisotopic (exact) mass is 351 g/mol. The third-order valence-corrected chi connectivity index (χ3v) is 4.40. The smallest absolute Gasteiger partial charge is 0.234 e. The van der Waals surface area contributed by atoms with Gasteiger partial charge in [0.05, 0.1) is 25.0 Å². The molecule has 0 aliphatic carbocycles. The fraction of sp³-hybridized carbons (Fsp3) is 0.235. The second-order valence-corrected chi connectivity index (χ2v) is 6.13. The van der Waals surface area contributed by atoms with Gasteiger partial charge in [-0.2, -0.15) is 0 Å². The van der Waals surface area contributed by atoms with Gasteiger partial charge in [-0.25, -0.2) is 0 Å². The zero-order chi connectivity index (χ0) is 16.7. The van der Waals surface area contributed by atoms with Crippen LogP contribution in [0.5, 0.6) is 11.5 Å². The number of thioether (sulfide) groups is 1. The van der Waals surface area contributed by atoms with Crippen LogP contribution in [-0.4, -0.2) is 25.9 Å². The minimum atomic E-state index is -0.0651. The van der Waals surface area contributed by atoms with Gasteiger partial charge in [-0.1, -0.05) is 23.7 Å². The van der Waals surface area contributed by atoms with Crippen LogP contribution in [0.4, 0.5) is 5.69 Å². The van der Waals surface area contributed by atoms with Crippen molar-refractivity contribution in [2.45, 2.75) is 5.75 Å². The molecule has 2 aromatic rings. The van der Waals surface area contributed by atoms with Gasteiger partial charge < -0.3 is 14.8 Å². The fourth-order valence-corrected chi connectivity index (χ4v) is 2.97. The van der Waals surface area contributed by atoms with Crippen molar-refractivity contribution < 1.29 is 14.3 Å². The van der Waals surface area contributed by atoms with Gasteiger partial charge in [-0.3, -0.25) is 4.79 Å². The molecule has 23 heavy (non-hydrogen) atoms. The summed E-state index contributed by atoms with van der Waals surface area (Å²) in [5, 5.41) is 3.29. The number of methoxy groups -OCH3 is 2. The molecule has 2 rings (SSSR count). The average molecular weight is 352 g/mol. The van der Waals surface area contributed by atoms with Crippen molar-refractivity contribution in [3.05, 3.63) is 53.1 Å². The average Bonchev–Trinajstić information content (AvgIpc) is 2.55. The molecule has 0 saturated heterocycles. The molecule has 1 N–H and O–H groups in total. The SMILES string of the molecule is COc1ccc(CSCC(=O)Nc2ccc(OC)c(Cl)c2)cc1. The van der Waals surface area contributed by atoms with Crippen molar-refractivity contribution in [2.24, 2.45) is 0 Å². The number of benzene rings is 2. The highest BCUT2D eigenvalue weighted by Crippen LogP contribution is 2.27. The molecule has 0 saturated carbocycles. The van der Waals surface area contributed by atoms with Gasteiger partial charge in [-0.15, -0.1) is 11.8 Å². The zero-order valence-electron chi connectivity index (χ0n) is 13.0. The van der Waals surface area contributed by atoms with E-state index in [9.17, 15) is 4.79 Å². The Labute approximate surface area is 145 Å². The van der Waals surface area contributed by atoms with E-state index in [1.165, 1.54) is 0 Å². The van der Waals surface area contributed by atoms with Crippen LogP contribution in [0, 0.1) is 0 Å². The number of nitrogens with one attached hydrogen (secondary N) is 1. The Morgan fingerprint density at radius 3 is 2.48 bits per heavy atom. The molecule has 0 bridgehead atoms. The maximum absolute atomic E-state index is 11.9. The molecule has 0 heterocycles. The standard InChI is InChI=1S/C17H18ClNO3S/c1-21-14-6-3-12(4-7-14)10-23-11-17(20)19-13-5-8-16(22-2)15(18)9-13/h3-9H,10-11H2,1-2H3,(H,19,20). The molecule has 4 nitrogen and oxygen atoms in total. The first-order valence-electron chi connectivity index (χ1n) is 6.96. The van der Waals surface area contributed by atoms with Crippen LogP contribution in [0.25, 0.3) is 0 Å². The highest BCUT2D eigenvalue weighted by atomic mass is 35.5. The van der Waals surface area contributed by atoms with E-state index >= 15 is 0 Å². The predicted octanol–water partition coefficient (Wildman–Crippen LogP) is 4.23. The van der Waals surface area contributed by atoms with Crippen LogP contribution >= 0.6 is 23.4 Å². The van der Waals surface area contributed by atoms with Crippen molar-refractivity contribution in [3.8, 4) is 11.5 Å². The van der Waals surface area contributed by atoms with Crippen LogP contribution in [-0.2, 0) is 10.5 Å². The third kappa shape index (κ3) is 5.37. The lowest BCUT2D eigenvalue weighted by atomic mass is 10.2. The summed E-state index contributed by atoms with van der Waals surface area (Å²) < 4.78 is 10.2.